The summed E-state index contributed by atoms with van der Waals surface area (Å²) < 4.78 is 4.74. The molecule has 2 amide bonds. The SMILES string of the molecule is COC(=O)c1ccc(C(=O)NCCCNC(=O)C2CCNCC2)cc1C#CCN. The monoisotopic (exact) mass is 400 g/mol. The molecular weight excluding hydrogens is 372 g/mol. The lowest BCUT2D eigenvalue weighted by atomic mass is 9.97. The maximum Gasteiger partial charge on any atom is 0.339 e. The van der Waals surface area contributed by atoms with E-state index in [1.165, 1.54) is 13.2 Å². The molecule has 1 saturated heterocycles. The summed E-state index contributed by atoms with van der Waals surface area (Å²) in [5.74, 6) is 4.83. The van der Waals surface area contributed by atoms with E-state index in [2.05, 4.69) is 27.8 Å². The summed E-state index contributed by atoms with van der Waals surface area (Å²) in [5, 5.41) is 8.97. The van der Waals surface area contributed by atoms with Gasteiger partial charge in [0.05, 0.1) is 19.2 Å². The van der Waals surface area contributed by atoms with E-state index in [-0.39, 0.29) is 29.8 Å². The van der Waals surface area contributed by atoms with Gasteiger partial charge in [-0.15, -0.1) is 0 Å². The molecule has 0 saturated carbocycles. The summed E-state index contributed by atoms with van der Waals surface area (Å²) in [5.41, 5.74) is 6.46. The van der Waals surface area contributed by atoms with E-state index in [1.54, 1.807) is 12.1 Å². The smallest absolute Gasteiger partial charge is 0.339 e. The quantitative estimate of drug-likeness (QED) is 0.291. The largest absolute Gasteiger partial charge is 0.465 e. The third-order valence-electron chi connectivity index (χ3n) is 4.66. The lowest BCUT2D eigenvalue weighted by molar-refractivity contribution is -0.125. The molecule has 1 aromatic rings. The number of benzene rings is 1. The van der Waals surface area contributed by atoms with Gasteiger partial charge in [-0.05, 0) is 50.6 Å². The molecule has 156 valence electrons. The standard InChI is InChI=1S/C21H28N4O4/c1-29-21(28)18-6-5-17(14-16(18)4-2-9-22)20(27)25-11-3-10-24-19(26)15-7-12-23-13-8-15/h5-6,14-15,23H,3,7-13,22H2,1H3,(H,24,26)(H,25,27). The Labute approximate surface area is 170 Å². The van der Waals surface area contributed by atoms with Crippen LogP contribution in [0.3, 0.4) is 0 Å². The summed E-state index contributed by atoms with van der Waals surface area (Å²) in [6, 6.07) is 4.61. The molecule has 1 aromatic carbocycles. The fourth-order valence-electron chi connectivity index (χ4n) is 3.06. The minimum absolute atomic E-state index is 0.0761. The number of hydrogen-bond acceptors (Lipinski definition) is 6. The molecule has 2 rings (SSSR count). The first-order chi connectivity index (χ1) is 14.1. The number of nitrogens with two attached hydrogens (primary N) is 1. The second-order valence-electron chi connectivity index (χ2n) is 6.68. The number of carbonyl (C=O) groups is 3. The zero-order valence-corrected chi connectivity index (χ0v) is 16.7. The van der Waals surface area contributed by atoms with Crippen LogP contribution in [-0.2, 0) is 9.53 Å². The van der Waals surface area contributed by atoms with Gasteiger partial charge in [0.15, 0.2) is 0 Å². The highest BCUT2D eigenvalue weighted by atomic mass is 16.5. The van der Waals surface area contributed by atoms with Crippen molar-refractivity contribution in [1.29, 1.82) is 0 Å². The highest BCUT2D eigenvalue weighted by molar-refractivity contribution is 5.98. The fourth-order valence-corrected chi connectivity index (χ4v) is 3.06. The molecule has 29 heavy (non-hydrogen) atoms. The number of methoxy groups -OCH3 is 1. The third kappa shape index (κ3) is 6.89. The molecule has 1 aliphatic heterocycles. The molecule has 0 bridgehead atoms. The molecular formula is C21H28N4O4. The van der Waals surface area contributed by atoms with Crippen LogP contribution < -0.4 is 21.7 Å². The molecule has 0 unspecified atom stereocenters. The number of carbonyl (C=O) groups excluding carboxylic acids is 3. The molecule has 1 aliphatic rings. The number of piperidine rings is 1. The average molecular weight is 400 g/mol. The topological polar surface area (TPSA) is 123 Å². The number of rotatable bonds is 7. The van der Waals surface area contributed by atoms with Crippen LogP contribution in [0.25, 0.3) is 0 Å². The van der Waals surface area contributed by atoms with Crippen molar-refractivity contribution in [2.75, 3.05) is 39.8 Å². The predicted octanol–water partition coefficient (Wildman–Crippen LogP) is 0.0191. The van der Waals surface area contributed by atoms with Crippen molar-refractivity contribution >= 4 is 17.8 Å². The Morgan fingerprint density at radius 3 is 2.62 bits per heavy atom. The summed E-state index contributed by atoms with van der Waals surface area (Å²) >= 11 is 0. The Morgan fingerprint density at radius 2 is 1.93 bits per heavy atom. The first kappa shape index (κ1) is 22.4. The van der Waals surface area contributed by atoms with E-state index >= 15 is 0 Å². The molecule has 0 aliphatic carbocycles. The van der Waals surface area contributed by atoms with E-state index in [0.29, 0.717) is 30.6 Å². The van der Waals surface area contributed by atoms with Crippen molar-refractivity contribution in [2.24, 2.45) is 11.7 Å². The van der Waals surface area contributed by atoms with Gasteiger partial charge in [0.25, 0.3) is 5.91 Å². The second kappa shape index (κ2) is 11.8. The highest BCUT2D eigenvalue weighted by Crippen LogP contribution is 2.13. The van der Waals surface area contributed by atoms with Gasteiger partial charge in [0.2, 0.25) is 5.91 Å². The van der Waals surface area contributed by atoms with Gasteiger partial charge in [-0.1, -0.05) is 11.8 Å². The first-order valence-corrected chi connectivity index (χ1v) is 9.74. The lowest BCUT2D eigenvalue weighted by Crippen LogP contribution is -2.39. The molecule has 0 spiro atoms. The molecule has 1 heterocycles. The van der Waals surface area contributed by atoms with Gasteiger partial charge in [-0.3, -0.25) is 9.59 Å². The minimum Gasteiger partial charge on any atom is -0.465 e. The van der Waals surface area contributed by atoms with Crippen molar-refractivity contribution < 1.29 is 19.1 Å². The van der Waals surface area contributed by atoms with Crippen LogP contribution in [-0.4, -0.2) is 57.6 Å². The number of ether oxygens (including phenoxy) is 1. The molecule has 8 nitrogen and oxygen atoms in total. The predicted molar refractivity (Wildman–Crippen MR) is 109 cm³/mol. The average Bonchev–Trinajstić information content (AvgIpc) is 2.76. The summed E-state index contributed by atoms with van der Waals surface area (Å²) in [4.78, 5) is 36.3. The van der Waals surface area contributed by atoms with Crippen molar-refractivity contribution in [1.82, 2.24) is 16.0 Å². The summed E-state index contributed by atoms with van der Waals surface area (Å²) in [6.45, 7) is 2.83. The van der Waals surface area contributed by atoms with Crippen LogP contribution in [0.15, 0.2) is 18.2 Å². The van der Waals surface area contributed by atoms with Gasteiger partial charge in [0.1, 0.15) is 0 Å². The maximum atomic E-state index is 12.4. The van der Waals surface area contributed by atoms with Gasteiger partial charge in [0, 0.05) is 30.1 Å². The second-order valence-corrected chi connectivity index (χ2v) is 6.68. The van der Waals surface area contributed by atoms with Crippen LogP contribution in [0.4, 0.5) is 0 Å². The van der Waals surface area contributed by atoms with Crippen LogP contribution in [0, 0.1) is 17.8 Å². The third-order valence-corrected chi connectivity index (χ3v) is 4.66. The van der Waals surface area contributed by atoms with Gasteiger partial charge >= 0.3 is 5.97 Å². The zero-order valence-electron chi connectivity index (χ0n) is 16.7. The molecule has 1 fully saturated rings. The van der Waals surface area contributed by atoms with Gasteiger partial charge < -0.3 is 26.4 Å². The molecule has 5 N–H and O–H groups in total. The molecule has 0 aromatic heterocycles. The first-order valence-electron chi connectivity index (χ1n) is 9.74. The zero-order chi connectivity index (χ0) is 21.1. The van der Waals surface area contributed by atoms with Crippen LogP contribution in [0.5, 0.6) is 0 Å². The summed E-state index contributed by atoms with van der Waals surface area (Å²) in [7, 11) is 1.28. The summed E-state index contributed by atoms with van der Waals surface area (Å²) in [6.07, 6.45) is 2.35. The Kier molecular flexibility index (Phi) is 9.15. The van der Waals surface area contributed by atoms with E-state index < -0.39 is 5.97 Å². The normalized spacial score (nSPS) is 13.7. The van der Waals surface area contributed by atoms with E-state index in [9.17, 15) is 14.4 Å². The molecule has 8 heteroatoms. The lowest BCUT2D eigenvalue weighted by Gasteiger charge is -2.21. The number of hydrogen-bond donors (Lipinski definition) is 4. The number of esters is 1. The maximum absolute atomic E-state index is 12.4. The Balaban J connectivity index is 1.83. The van der Waals surface area contributed by atoms with E-state index in [1.807, 2.05) is 0 Å². The van der Waals surface area contributed by atoms with Crippen LogP contribution >= 0.6 is 0 Å². The van der Waals surface area contributed by atoms with Crippen LogP contribution in [0.1, 0.15) is 45.5 Å². The van der Waals surface area contributed by atoms with Crippen molar-refractivity contribution in [3.63, 3.8) is 0 Å². The number of amides is 2. The Hall–Kier alpha value is -2.89. The molecule has 0 radical (unpaired) electrons. The van der Waals surface area contributed by atoms with E-state index in [0.717, 1.165) is 25.9 Å². The van der Waals surface area contributed by atoms with Crippen LogP contribution in [0.2, 0.25) is 0 Å². The van der Waals surface area contributed by atoms with Gasteiger partial charge in [-0.25, -0.2) is 4.79 Å². The Morgan fingerprint density at radius 1 is 1.21 bits per heavy atom. The van der Waals surface area contributed by atoms with E-state index in [4.69, 9.17) is 10.5 Å². The fraction of sp³-hybridized carbons (Fsp3) is 0.476. The van der Waals surface area contributed by atoms with Crippen molar-refractivity contribution in [2.45, 2.75) is 19.3 Å². The minimum atomic E-state index is -0.525. The number of nitrogens with one attached hydrogen (secondary N) is 3. The van der Waals surface area contributed by atoms with Crippen molar-refractivity contribution in [3.05, 3.63) is 34.9 Å². The Bertz CT molecular complexity index is 792. The highest BCUT2D eigenvalue weighted by Gasteiger charge is 2.20. The van der Waals surface area contributed by atoms with Gasteiger partial charge in [-0.2, -0.15) is 0 Å². The van der Waals surface area contributed by atoms with Crippen molar-refractivity contribution in [3.8, 4) is 11.8 Å². The molecule has 0 atom stereocenters.